The van der Waals surface area contributed by atoms with Gasteiger partial charge in [0, 0.05) is 20.0 Å². The molecule has 2 amide bonds. The summed E-state index contributed by atoms with van der Waals surface area (Å²) in [6.45, 7) is 3.52. The van der Waals surface area contributed by atoms with Crippen LogP contribution in [0.1, 0.15) is 28.1 Å². The van der Waals surface area contributed by atoms with E-state index in [1.165, 1.54) is 16.9 Å². The molecular weight excluding hydrogens is 336 g/mol. The van der Waals surface area contributed by atoms with Gasteiger partial charge in [0.15, 0.2) is 0 Å². The Bertz CT molecular complexity index is 668. The Morgan fingerprint density at radius 3 is 2.64 bits per heavy atom. The molecule has 0 saturated heterocycles. The van der Waals surface area contributed by atoms with E-state index in [-0.39, 0.29) is 11.8 Å². The highest BCUT2D eigenvalue weighted by molar-refractivity contribution is 7.12. The van der Waals surface area contributed by atoms with Crippen LogP contribution in [-0.4, -0.2) is 43.5 Å². The maximum absolute atomic E-state index is 12.1. The highest BCUT2D eigenvalue weighted by Crippen LogP contribution is 2.11. The third-order valence-corrected chi connectivity index (χ3v) is 4.61. The maximum atomic E-state index is 12.1. The van der Waals surface area contributed by atoms with Crippen molar-refractivity contribution in [3.05, 3.63) is 52.2 Å². The zero-order valence-electron chi connectivity index (χ0n) is 14.7. The van der Waals surface area contributed by atoms with Gasteiger partial charge >= 0.3 is 0 Å². The SMILES string of the molecule is Cc1ccc(OCCN(C)C(=O)CCCNC(=O)c2cccs2)cc1. The summed E-state index contributed by atoms with van der Waals surface area (Å²) in [6, 6.07) is 11.5. The van der Waals surface area contributed by atoms with Gasteiger partial charge in [0.25, 0.3) is 5.91 Å². The summed E-state index contributed by atoms with van der Waals surface area (Å²) < 4.78 is 5.63. The number of hydrogen-bond acceptors (Lipinski definition) is 4. The quantitative estimate of drug-likeness (QED) is 0.699. The third kappa shape index (κ3) is 6.58. The predicted molar refractivity (Wildman–Crippen MR) is 100 cm³/mol. The second-order valence-corrected chi connectivity index (χ2v) is 6.76. The summed E-state index contributed by atoms with van der Waals surface area (Å²) in [5.74, 6) is 0.780. The van der Waals surface area contributed by atoms with Crippen LogP contribution in [0.25, 0.3) is 0 Å². The topological polar surface area (TPSA) is 58.6 Å². The normalized spacial score (nSPS) is 10.3. The van der Waals surface area contributed by atoms with Gasteiger partial charge in [0.1, 0.15) is 12.4 Å². The second-order valence-electron chi connectivity index (χ2n) is 5.81. The number of thiophene rings is 1. The molecule has 25 heavy (non-hydrogen) atoms. The largest absolute Gasteiger partial charge is 0.492 e. The molecule has 2 rings (SSSR count). The first-order chi connectivity index (χ1) is 12.1. The van der Waals surface area contributed by atoms with Crippen LogP contribution >= 0.6 is 11.3 Å². The monoisotopic (exact) mass is 360 g/mol. The van der Waals surface area contributed by atoms with Crippen molar-refractivity contribution in [3.63, 3.8) is 0 Å². The summed E-state index contributed by atoms with van der Waals surface area (Å²) in [4.78, 5) is 26.2. The average Bonchev–Trinajstić information content (AvgIpc) is 3.14. The van der Waals surface area contributed by atoms with Crippen LogP contribution in [-0.2, 0) is 4.79 Å². The third-order valence-electron chi connectivity index (χ3n) is 3.74. The van der Waals surface area contributed by atoms with E-state index < -0.39 is 0 Å². The first kappa shape index (κ1) is 19.0. The van der Waals surface area contributed by atoms with Gasteiger partial charge in [-0.05, 0) is 36.9 Å². The van der Waals surface area contributed by atoms with Gasteiger partial charge in [-0.1, -0.05) is 23.8 Å². The summed E-state index contributed by atoms with van der Waals surface area (Å²) in [5.41, 5.74) is 1.19. The van der Waals surface area contributed by atoms with Crippen LogP contribution < -0.4 is 10.1 Å². The van der Waals surface area contributed by atoms with Gasteiger partial charge in [0.05, 0.1) is 11.4 Å². The molecule has 0 saturated carbocycles. The number of likely N-dealkylation sites (N-methyl/N-ethyl adjacent to an activating group) is 1. The average molecular weight is 360 g/mol. The number of amides is 2. The minimum atomic E-state index is -0.0812. The van der Waals surface area contributed by atoms with Crippen molar-refractivity contribution in [1.29, 1.82) is 0 Å². The van der Waals surface area contributed by atoms with E-state index in [0.717, 1.165) is 5.75 Å². The van der Waals surface area contributed by atoms with Gasteiger partial charge in [0.2, 0.25) is 5.91 Å². The van der Waals surface area contributed by atoms with Gasteiger partial charge in [-0.25, -0.2) is 0 Å². The summed E-state index contributed by atoms with van der Waals surface area (Å²) in [5, 5.41) is 4.69. The smallest absolute Gasteiger partial charge is 0.261 e. The molecule has 0 fully saturated rings. The number of nitrogens with zero attached hydrogens (tertiary/aromatic N) is 1. The van der Waals surface area contributed by atoms with Crippen molar-refractivity contribution < 1.29 is 14.3 Å². The number of carbonyl (C=O) groups excluding carboxylic acids is 2. The Labute approximate surface area is 152 Å². The van der Waals surface area contributed by atoms with E-state index in [1.807, 2.05) is 42.6 Å². The molecule has 0 unspecified atom stereocenters. The van der Waals surface area contributed by atoms with E-state index in [0.29, 0.717) is 37.4 Å². The number of carbonyl (C=O) groups is 2. The minimum Gasteiger partial charge on any atom is -0.492 e. The molecule has 1 heterocycles. The number of ether oxygens (including phenoxy) is 1. The number of hydrogen-bond donors (Lipinski definition) is 1. The Morgan fingerprint density at radius 1 is 1.20 bits per heavy atom. The zero-order chi connectivity index (χ0) is 18.1. The van der Waals surface area contributed by atoms with E-state index in [2.05, 4.69) is 5.32 Å². The molecule has 134 valence electrons. The lowest BCUT2D eigenvalue weighted by Crippen LogP contribution is -2.31. The van der Waals surface area contributed by atoms with Crippen molar-refractivity contribution >= 4 is 23.2 Å². The Morgan fingerprint density at radius 2 is 1.96 bits per heavy atom. The van der Waals surface area contributed by atoms with E-state index in [1.54, 1.807) is 18.0 Å². The van der Waals surface area contributed by atoms with Crippen molar-refractivity contribution in [3.8, 4) is 5.75 Å². The number of rotatable bonds is 9. The molecule has 1 aromatic heterocycles. The summed E-state index contributed by atoms with van der Waals surface area (Å²) >= 11 is 1.41. The van der Waals surface area contributed by atoms with Gasteiger partial charge in [-0.3, -0.25) is 9.59 Å². The molecular formula is C19H24N2O3S. The van der Waals surface area contributed by atoms with Crippen LogP contribution in [0.15, 0.2) is 41.8 Å². The zero-order valence-corrected chi connectivity index (χ0v) is 15.5. The molecule has 0 atom stereocenters. The fraction of sp³-hybridized carbons (Fsp3) is 0.368. The summed E-state index contributed by atoms with van der Waals surface area (Å²) in [6.07, 6.45) is 1.03. The number of nitrogens with one attached hydrogen (secondary N) is 1. The lowest BCUT2D eigenvalue weighted by atomic mass is 10.2. The standard InChI is InChI=1S/C19H24N2O3S/c1-15-7-9-16(10-8-15)24-13-12-21(2)18(22)6-3-11-20-19(23)17-5-4-14-25-17/h4-5,7-10,14H,3,6,11-13H2,1-2H3,(H,20,23). The molecule has 5 nitrogen and oxygen atoms in total. The molecule has 2 aromatic rings. The lowest BCUT2D eigenvalue weighted by Gasteiger charge is -2.17. The van der Waals surface area contributed by atoms with Crippen LogP contribution in [0.4, 0.5) is 0 Å². The van der Waals surface area contributed by atoms with E-state index in [4.69, 9.17) is 4.74 Å². The first-order valence-corrected chi connectivity index (χ1v) is 9.19. The molecule has 0 bridgehead atoms. The molecule has 0 spiro atoms. The Kier molecular flexibility index (Phi) is 7.47. The molecule has 1 aromatic carbocycles. The van der Waals surface area contributed by atoms with Gasteiger partial charge < -0.3 is 15.0 Å². The van der Waals surface area contributed by atoms with E-state index >= 15 is 0 Å². The highest BCUT2D eigenvalue weighted by atomic mass is 32.1. The molecule has 0 aliphatic carbocycles. The number of aryl methyl sites for hydroxylation is 1. The Hall–Kier alpha value is -2.34. The fourth-order valence-electron chi connectivity index (χ4n) is 2.19. The predicted octanol–water partition coefficient (Wildman–Crippen LogP) is 3.10. The van der Waals surface area contributed by atoms with Crippen molar-refractivity contribution in [2.45, 2.75) is 19.8 Å². The molecule has 6 heteroatoms. The van der Waals surface area contributed by atoms with Gasteiger partial charge in [-0.15, -0.1) is 11.3 Å². The van der Waals surface area contributed by atoms with Crippen LogP contribution in [0, 0.1) is 6.92 Å². The number of benzene rings is 1. The van der Waals surface area contributed by atoms with Crippen molar-refractivity contribution in [2.24, 2.45) is 0 Å². The molecule has 0 aliphatic rings. The first-order valence-electron chi connectivity index (χ1n) is 8.31. The molecule has 0 radical (unpaired) electrons. The van der Waals surface area contributed by atoms with Crippen molar-refractivity contribution in [1.82, 2.24) is 10.2 Å². The fourth-order valence-corrected chi connectivity index (χ4v) is 2.83. The Balaban J connectivity index is 1.58. The van der Waals surface area contributed by atoms with Crippen LogP contribution in [0.2, 0.25) is 0 Å². The molecule has 0 aliphatic heterocycles. The van der Waals surface area contributed by atoms with E-state index in [9.17, 15) is 9.59 Å². The van der Waals surface area contributed by atoms with Gasteiger partial charge in [-0.2, -0.15) is 0 Å². The molecule has 1 N–H and O–H groups in total. The van der Waals surface area contributed by atoms with Crippen LogP contribution in [0.3, 0.4) is 0 Å². The van der Waals surface area contributed by atoms with Crippen molar-refractivity contribution in [2.75, 3.05) is 26.7 Å². The minimum absolute atomic E-state index is 0.0536. The highest BCUT2D eigenvalue weighted by Gasteiger charge is 2.10. The second kappa shape index (κ2) is 9.84. The maximum Gasteiger partial charge on any atom is 0.261 e. The lowest BCUT2D eigenvalue weighted by molar-refractivity contribution is -0.130. The van der Waals surface area contributed by atoms with Crippen LogP contribution in [0.5, 0.6) is 5.75 Å². The summed E-state index contributed by atoms with van der Waals surface area (Å²) in [7, 11) is 1.77.